The van der Waals surface area contributed by atoms with E-state index >= 15 is 0 Å². The number of para-hydroxylation sites is 1. The number of hydrogen-bond donors (Lipinski definition) is 2. The average molecular weight is 419 g/mol. The smallest absolute Gasteiger partial charge is 0.251 e. The predicted molar refractivity (Wildman–Crippen MR) is 118 cm³/mol. The summed E-state index contributed by atoms with van der Waals surface area (Å²) in [5.41, 5.74) is 2.49. The summed E-state index contributed by atoms with van der Waals surface area (Å²) in [5, 5.41) is 5.43. The highest BCUT2D eigenvalue weighted by Crippen LogP contribution is 2.17. The molecule has 3 aromatic rings. The van der Waals surface area contributed by atoms with Gasteiger partial charge in [0, 0.05) is 24.7 Å². The van der Waals surface area contributed by atoms with Gasteiger partial charge in [0.25, 0.3) is 5.91 Å². The van der Waals surface area contributed by atoms with Gasteiger partial charge in [-0.2, -0.15) is 0 Å². The molecule has 7 heteroatoms. The molecule has 0 saturated carbocycles. The summed E-state index contributed by atoms with van der Waals surface area (Å²) in [7, 11) is 1.59. The Morgan fingerprint density at radius 1 is 0.935 bits per heavy atom. The summed E-state index contributed by atoms with van der Waals surface area (Å²) in [6, 6.07) is 17.8. The number of ketones is 1. The number of carbonyl (C=O) groups excluding carboxylic acids is 3. The summed E-state index contributed by atoms with van der Waals surface area (Å²) in [5.74, 6) is 0.239. The number of nitrogens with one attached hydrogen (secondary N) is 2. The topological polar surface area (TPSA) is 91.7 Å². The number of carbonyl (C=O) groups is 3. The molecule has 0 aliphatic heterocycles. The summed E-state index contributed by atoms with van der Waals surface area (Å²) in [4.78, 5) is 38.2. The lowest BCUT2D eigenvalue weighted by molar-refractivity contribution is -0.117. The van der Waals surface area contributed by atoms with Crippen LogP contribution in [0, 0.1) is 0 Å². The molecule has 2 aromatic carbocycles. The van der Waals surface area contributed by atoms with Gasteiger partial charge in [0.1, 0.15) is 5.76 Å². The molecule has 0 unspecified atom stereocenters. The van der Waals surface area contributed by atoms with E-state index in [4.69, 9.17) is 4.42 Å². The molecular formula is C24H25N3O4. The van der Waals surface area contributed by atoms with Crippen molar-refractivity contribution in [1.82, 2.24) is 10.2 Å². The van der Waals surface area contributed by atoms with Crippen LogP contribution in [0.1, 0.15) is 39.0 Å². The molecule has 31 heavy (non-hydrogen) atoms. The van der Waals surface area contributed by atoms with E-state index in [1.54, 1.807) is 55.8 Å². The summed E-state index contributed by atoms with van der Waals surface area (Å²) in [6.07, 6.45) is 1.59. The van der Waals surface area contributed by atoms with Crippen LogP contribution in [-0.4, -0.2) is 36.1 Å². The van der Waals surface area contributed by atoms with E-state index in [2.05, 4.69) is 10.6 Å². The minimum Gasteiger partial charge on any atom is -0.468 e. The molecule has 0 radical (unpaired) electrons. The van der Waals surface area contributed by atoms with Crippen molar-refractivity contribution in [1.29, 1.82) is 0 Å². The Bertz CT molecular complexity index is 1040. The molecular weight excluding hydrogens is 394 g/mol. The van der Waals surface area contributed by atoms with Crippen LogP contribution in [0.25, 0.3) is 0 Å². The van der Waals surface area contributed by atoms with Crippen LogP contribution in [-0.2, 0) is 17.9 Å². The fraction of sp³-hybridized carbons (Fsp3) is 0.208. The van der Waals surface area contributed by atoms with E-state index < -0.39 is 0 Å². The van der Waals surface area contributed by atoms with E-state index in [0.717, 1.165) is 11.3 Å². The normalized spacial score (nSPS) is 10.7. The van der Waals surface area contributed by atoms with Crippen molar-refractivity contribution in [2.24, 2.45) is 0 Å². The fourth-order valence-corrected chi connectivity index (χ4v) is 3.25. The first-order valence-corrected chi connectivity index (χ1v) is 9.92. The molecule has 0 aliphatic rings. The molecule has 0 fully saturated rings. The maximum atomic E-state index is 12.8. The number of anilines is 1. The van der Waals surface area contributed by atoms with Gasteiger partial charge in [-0.25, -0.2) is 0 Å². The number of Topliss-reactive ketones (excluding diaryl/α,β-unsaturated/α-hetero) is 1. The number of nitrogens with zero attached hydrogens (tertiary/aromatic N) is 1. The van der Waals surface area contributed by atoms with Crippen LogP contribution >= 0.6 is 0 Å². The molecule has 0 spiro atoms. The minimum absolute atomic E-state index is 0.101. The highest BCUT2D eigenvalue weighted by Gasteiger charge is 2.16. The van der Waals surface area contributed by atoms with Crippen molar-refractivity contribution in [2.45, 2.75) is 20.0 Å². The molecule has 0 aliphatic carbocycles. The average Bonchev–Trinajstić information content (AvgIpc) is 3.27. The fourth-order valence-electron chi connectivity index (χ4n) is 3.25. The summed E-state index contributed by atoms with van der Waals surface area (Å²) >= 11 is 0. The Kier molecular flexibility index (Phi) is 7.35. The predicted octanol–water partition coefficient (Wildman–Crippen LogP) is 3.48. The van der Waals surface area contributed by atoms with Crippen LogP contribution in [0.3, 0.4) is 0 Å². The highest BCUT2D eigenvalue weighted by atomic mass is 16.3. The quantitative estimate of drug-likeness (QED) is 0.518. The lowest BCUT2D eigenvalue weighted by Crippen LogP contribution is -2.32. The second kappa shape index (κ2) is 10.4. The lowest BCUT2D eigenvalue weighted by Gasteiger charge is -2.21. The van der Waals surface area contributed by atoms with E-state index in [-0.39, 0.29) is 24.1 Å². The van der Waals surface area contributed by atoms with Crippen molar-refractivity contribution in [2.75, 3.05) is 18.9 Å². The van der Waals surface area contributed by atoms with Crippen molar-refractivity contribution in [3.05, 3.63) is 89.4 Å². The molecule has 3 rings (SSSR count). The van der Waals surface area contributed by atoms with Crippen LogP contribution < -0.4 is 10.6 Å². The van der Waals surface area contributed by atoms with Gasteiger partial charge in [-0.05, 0) is 48.9 Å². The Labute approximate surface area is 181 Å². The maximum absolute atomic E-state index is 12.8. The van der Waals surface area contributed by atoms with Crippen molar-refractivity contribution in [3.63, 3.8) is 0 Å². The molecule has 0 bridgehead atoms. The van der Waals surface area contributed by atoms with Gasteiger partial charge in [-0.3, -0.25) is 19.3 Å². The van der Waals surface area contributed by atoms with Gasteiger partial charge in [-0.15, -0.1) is 0 Å². The third-order valence-corrected chi connectivity index (χ3v) is 4.76. The van der Waals surface area contributed by atoms with Crippen LogP contribution in [0.4, 0.5) is 5.69 Å². The SMILES string of the molecule is CNC(=O)c1ccc(CN(CC(=O)Nc2ccccc2C(C)=O)Cc2ccco2)cc1. The zero-order valence-corrected chi connectivity index (χ0v) is 17.6. The maximum Gasteiger partial charge on any atom is 0.251 e. The van der Waals surface area contributed by atoms with E-state index in [0.29, 0.717) is 29.9 Å². The first kappa shape index (κ1) is 22.0. The molecule has 7 nitrogen and oxygen atoms in total. The Morgan fingerprint density at radius 3 is 2.32 bits per heavy atom. The number of hydrogen-bond acceptors (Lipinski definition) is 5. The molecule has 160 valence electrons. The number of benzene rings is 2. The Hall–Kier alpha value is -3.71. The lowest BCUT2D eigenvalue weighted by atomic mass is 10.1. The first-order valence-electron chi connectivity index (χ1n) is 9.92. The minimum atomic E-state index is -0.234. The number of furan rings is 1. The summed E-state index contributed by atoms with van der Waals surface area (Å²) in [6.45, 7) is 2.49. The molecule has 2 N–H and O–H groups in total. The first-order chi connectivity index (χ1) is 15.0. The van der Waals surface area contributed by atoms with Crippen molar-refractivity contribution in [3.8, 4) is 0 Å². The van der Waals surface area contributed by atoms with Crippen LogP contribution in [0.2, 0.25) is 0 Å². The van der Waals surface area contributed by atoms with E-state index in [1.807, 2.05) is 23.1 Å². The van der Waals surface area contributed by atoms with Gasteiger partial charge in [-0.1, -0.05) is 24.3 Å². The molecule has 2 amide bonds. The molecule has 0 saturated heterocycles. The number of amides is 2. The largest absolute Gasteiger partial charge is 0.468 e. The van der Waals surface area contributed by atoms with Crippen molar-refractivity contribution < 1.29 is 18.8 Å². The van der Waals surface area contributed by atoms with Crippen LogP contribution in [0.15, 0.2) is 71.3 Å². The Morgan fingerprint density at radius 2 is 1.68 bits per heavy atom. The van der Waals surface area contributed by atoms with Gasteiger partial charge in [0.2, 0.25) is 5.91 Å². The van der Waals surface area contributed by atoms with Gasteiger partial charge in [0.05, 0.1) is 25.0 Å². The van der Waals surface area contributed by atoms with E-state index in [1.165, 1.54) is 6.92 Å². The highest BCUT2D eigenvalue weighted by molar-refractivity contribution is 6.04. The summed E-state index contributed by atoms with van der Waals surface area (Å²) < 4.78 is 5.45. The van der Waals surface area contributed by atoms with E-state index in [9.17, 15) is 14.4 Å². The molecule has 1 heterocycles. The second-order valence-electron chi connectivity index (χ2n) is 7.15. The van der Waals surface area contributed by atoms with Gasteiger partial charge >= 0.3 is 0 Å². The zero-order valence-electron chi connectivity index (χ0n) is 17.6. The second-order valence-corrected chi connectivity index (χ2v) is 7.15. The standard InChI is InChI=1S/C24H25N3O4/c1-17(28)21-7-3-4-8-22(21)26-23(29)16-27(15-20-6-5-13-31-20)14-18-9-11-19(12-10-18)24(30)25-2/h3-13H,14-16H2,1-2H3,(H,25,30)(H,26,29). The zero-order chi connectivity index (χ0) is 22.2. The van der Waals surface area contributed by atoms with Crippen LogP contribution in [0.5, 0.6) is 0 Å². The van der Waals surface area contributed by atoms with Gasteiger partial charge in [0.15, 0.2) is 5.78 Å². The molecule has 0 atom stereocenters. The third-order valence-electron chi connectivity index (χ3n) is 4.76. The molecule has 1 aromatic heterocycles. The Balaban J connectivity index is 1.72. The third kappa shape index (κ3) is 6.13. The number of rotatable bonds is 9. The van der Waals surface area contributed by atoms with Gasteiger partial charge < -0.3 is 15.1 Å². The van der Waals surface area contributed by atoms with Crippen molar-refractivity contribution >= 4 is 23.3 Å². The monoisotopic (exact) mass is 419 g/mol.